The highest BCUT2D eigenvalue weighted by molar-refractivity contribution is 5.74. The molecule has 2 atom stereocenters. The molecule has 0 radical (unpaired) electrons. The Balaban J connectivity index is 1.43. The van der Waals surface area contributed by atoms with Crippen molar-refractivity contribution in [3.63, 3.8) is 0 Å². The first-order valence-corrected chi connectivity index (χ1v) is 12.2. The molecule has 1 N–H and O–H groups in total. The van der Waals surface area contributed by atoms with Crippen LogP contribution in [0.5, 0.6) is 0 Å². The minimum atomic E-state index is -2.29. The highest BCUT2D eigenvalue weighted by Gasteiger charge is 2.40. The molecule has 0 aliphatic heterocycles. The zero-order chi connectivity index (χ0) is 30.2. The van der Waals surface area contributed by atoms with Gasteiger partial charge in [0.2, 0.25) is 5.82 Å². The Morgan fingerprint density at radius 1 is 0.929 bits per heavy atom. The van der Waals surface area contributed by atoms with Crippen molar-refractivity contribution in [2.45, 2.75) is 31.8 Å². The second-order valence-corrected chi connectivity index (χ2v) is 9.21. The zero-order valence-electron chi connectivity index (χ0n) is 21.4. The summed E-state index contributed by atoms with van der Waals surface area (Å²) in [7, 11) is 0. The Morgan fingerprint density at radius 2 is 1.62 bits per heavy atom. The van der Waals surface area contributed by atoms with Crippen LogP contribution in [-0.4, -0.2) is 41.0 Å². The summed E-state index contributed by atoms with van der Waals surface area (Å²) >= 11 is 0. The lowest BCUT2D eigenvalue weighted by Crippen LogP contribution is -2.44. The van der Waals surface area contributed by atoms with Gasteiger partial charge in [-0.2, -0.15) is 5.10 Å². The van der Waals surface area contributed by atoms with Crippen molar-refractivity contribution in [3.8, 4) is 16.8 Å². The van der Waals surface area contributed by atoms with Gasteiger partial charge in [0.1, 0.15) is 35.6 Å². The molecule has 2 heterocycles. The van der Waals surface area contributed by atoms with E-state index in [1.807, 2.05) is 0 Å². The van der Waals surface area contributed by atoms with Crippen LogP contribution in [0.1, 0.15) is 18.2 Å². The minimum Gasteiger partial charge on any atom is -0.380 e. The van der Waals surface area contributed by atoms with Crippen LogP contribution >= 0.6 is 0 Å². The monoisotopic (exact) mass is 592 g/mol. The fourth-order valence-electron chi connectivity index (χ4n) is 4.39. The highest BCUT2D eigenvalue weighted by atomic mass is 19.2. The van der Waals surface area contributed by atoms with Crippen LogP contribution in [0.15, 0.2) is 61.3 Å². The second kappa shape index (κ2) is 11.3. The minimum absolute atomic E-state index is 0.0661. The number of aromatic nitrogens is 6. The van der Waals surface area contributed by atoms with Crippen molar-refractivity contribution in [2.24, 2.45) is 0 Å². The molecule has 0 unspecified atom stereocenters. The molecule has 0 fully saturated rings. The Hall–Kier alpha value is -4.63. The average Bonchev–Trinajstić information content (AvgIpc) is 3.66. The number of aliphatic hydroxyl groups is 1. The van der Waals surface area contributed by atoms with Crippen molar-refractivity contribution < 1.29 is 40.6 Å². The maximum absolute atomic E-state index is 14.7. The van der Waals surface area contributed by atoms with Crippen molar-refractivity contribution in [1.29, 1.82) is 0 Å². The number of rotatable bonds is 9. The standard InChI is InChI=1S/C27H19F7N6O2/c1-14(27(41,11-39-13-35-12-36-39)18-7-6-15(28)8-19(18)29)42-10-16-9-40(38-37-16)20-5-3-2-4-17(20)21-22(30)24(32)26(34)25(33)23(21)31/h2-9,12-14,41H,10-11H2,1H3/t14-,27-/m1/s1. The summed E-state index contributed by atoms with van der Waals surface area (Å²) in [5.74, 6) is -12.4. The van der Waals surface area contributed by atoms with Gasteiger partial charge in [0.25, 0.3) is 0 Å². The van der Waals surface area contributed by atoms with E-state index in [1.165, 1.54) is 48.7 Å². The summed E-state index contributed by atoms with van der Waals surface area (Å²) in [6, 6.07) is 7.93. The van der Waals surface area contributed by atoms with E-state index in [-0.39, 0.29) is 35.7 Å². The highest BCUT2D eigenvalue weighted by Crippen LogP contribution is 2.35. The third-order valence-corrected chi connectivity index (χ3v) is 6.59. The first kappa shape index (κ1) is 28.9. The zero-order valence-corrected chi connectivity index (χ0v) is 21.4. The SMILES string of the molecule is C[C@@H](OCc1cn(-c2ccccc2-c2c(F)c(F)c(F)c(F)c2F)nn1)[C@](O)(Cn1cncn1)c1ccc(F)cc1F. The number of para-hydroxylation sites is 1. The van der Waals surface area contributed by atoms with E-state index in [1.54, 1.807) is 0 Å². The predicted octanol–water partition coefficient (Wildman–Crippen LogP) is 4.99. The van der Waals surface area contributed by atoms with Gasteiger partial charge in [-0.05, 0) is 19.1 Å². The van der Waals surface area contributed by atoms with E-state index in [9.17, 15) is 35.8 Å². The third kappa shape index (κ3) is 5.23. The molecular formula is C27H19F7N6O2. The number of ether oxygens (including phenoxy) is 1. The normalized spacial score (nSPS) is 13.7. The number of hydrogen-bond acceptors (Lipinski definition) is 6. The van der Waals surface area contributed by atoms with Gasteiger partial charge in [0.15, 0.2) is 23.3 Å². The van der Waals surface area contributed by atoms with E-state index in [4.69, 9.17) is 4.74 Å². The quantitative estimate of drug-likeness (QED) is 0.147. The largest absolute Gasteiger partial charge is 0.380 e. The molecule has 0 amide bonds. The molecular weight excluding hydrogens is 573 g/mol. The van der Waals surface area contributed by atoms with Gasteiger partial charge in [0, 0.05) is 17.2 Å². The lowest BCUT2D eigenvalue weighted by molar-refractivity contribution is -0.124. The molecule has 8 nitrogen and oxygen atoms in total. The average molecular weight is 592 g/mol. The lowest BCUT2D eigenvalue weighted by atomic mass is 9.88. The first-order chi connectivity index (χ1) is 20.0. The fraction of sp³-hybridized carbons (Fsp3) is 0.185. The van der Waals surface area contributed by atoms with E-state index >= 15 is 0 Å². The van der Waals surface area contributed by atoms with Crippen LogP contribution in [0.4, 0.5) is 30.7 Å². The molecule has 3 aromatic carbocycles. The molecule has 0 saturated heterocycles. The first-order valence-electron chi connectivity index (χ1n) is 12.2. The molecule has 0 spiro atoms. The molecule has 5 rings (SSSR count). The predicted molar refractivity (Wildman–Crippen MR) is 131 cm³/mol. The summed E-state index contributed by atoms with van der Waals surface area (Å²) in [6.07, 6.45) is 2.60. The number of benzene rings is 3. The molecule has 0 aliphatic rings. The summed E-state index contributed by atoms with van der Waals surface area (Å²) in [5.41, 5.74) is -3.79. The maximum atomic E-state index is 14.7. The summed E-state index contributed by atoms with van der Waals surface area (Å²) in [4.78, 5) is 3.79. The van der Waals surface area contributed by atoms with E-state index in [2.05, 4.69) is 20.4 Å². The van der Waals surface area contributed by atoms with Crippen LogP contribution < -0.4 is 0 Å². The van der Waals surface area contributed by atoms with Crippen LogP contribution in [0.25, 0.3) is 16.8 Å². The van der Waals surface area contributed by atoms with Gasteiger partial charge in [0.05, 0.1) is 36.7 Å². The van der Waals surface area contributed by atoms with Gasteiger partial charge in [-0.3, -0.25) is 0 Å². The van der Waals surface area contributed by atoms with E-state index < -0.39 is 58.0 Å². The Kier molecular flexibility index (Phi) is 7.79. The smallest absolute Gasteiger partial charge is 0.200 e. The number of nitrogens with zero attached hydrogens (tertiary/aromatic N) is 6. The van der Waals surface area contributed by atoms with Crippen molar-refractivity contribution in [3.05, 3.63) is 113 Å². The van der Waals surface area contributed by atoms with Gasteiger partial charge in [-0.1, -0.05) is 29.5 Å². The summed E-state index contributed by atoms with van der Waals surface area (Å²) < 4.78 is 107. The van der Waals surface area contributed by atoms with Crippen molar-refractivity contribution in [1.82, 2.24) is 29.8 Å². The molecule has 42 heavy (non-hydrogen) atoms. The van der Waals surface area contributed by atoms with Crippen LogP contribution in [0.2, 0.25) is 0 Å². The molecule has 0 bridgehead atoms. The Labute approximate surface area is 232 Å². The van der Waals surface area contributed by atoms with Crippen molar-refractivity contribution >= 4 is 0 Å². The van der Waals surface area contributed by atoms with Crippen LogP contribution in [-0.2, 0) is 23.5 Å². The summed E-state index contributed by atoms with van der Waals surface area (Å²) in [6.45, 7) is 0.787. The number of halogens is 7. The second-order valence-electron chi connectivity index (χ2n) is 9.21. The van der Waals surface area contributed by atoms with Crippen molar-refractivity contribution in [2.75, 3.05) is 0 Å². The van der Waals surface area contributed by atoms with Gasteiger partial charge in [-0.25, -0.2) is 45.1 Å². The molecule has 0 saturated carbocycles. The van der Waals surface area contributed by atoms with Gasteiger partial charge >= 0.3 is 0 Å². The third-order valence-electron chi connectivity index (χ3n) is 6.59. The van der Waals surface area contributed by atoms with E-state index in [0.29, 0.717) is 6.07 Å². The molecule has 0 aliphatic carbocycles. The molecule has 5 aromatic rings. The maximum Gasteiger partial charge on any atom is 0.200 e. The number of hydrogen-bond donors (Lipinski definition) is 1. The van der Waals surface area contributed by atoms with Crippen LogP contribution in [0, 0.1) is 40.7 Å². The van der Waals surface area contributed by atoms with E-state index in [0.717, 1.165) is 22.9 Å². The Bertz CT molecular complexity index is 1720. The fourth-order valence-corrected chi connectivity index (χ4v) is 4.39. The molecule has 2 aromatic heterocycles. The summed E-state index contributed by atoms with van der Waals surface area (Å²) in [5, 5.41) is 23.3. The lowest BCUT2D eigenvalue weighted by Gasteiger charge is -2.34. The topological polar surface area (TPSA) is 90.9 Å². The molecule has 15 heteroatoms. The van der Waals surface area contributed by atoms with Gasteiger partial charge in [-0.15, -0.1) is 5.10 Å². The Morgan fingerprint density at radius 3 is 2.29 bits per heavy atom. The van der Waals surface area contributed by atoms with Crippen LogP contribution in [0.3, 0.4) is 0 Å². The molecule has 218 valence electrons. The van der Waals surface area contributed by atoms with Gasteiger partial charge < -0.3 is 9.84 Å².